The van der Waals surface area contributed by atoms with Crippen molar-refractivity contribution in [2.45, 2.75) is 37.3 Å². The fourth-order valence-electron chi connectivity index (χ4n) is 2.47. The van der Waals surface area contributed by atoms with E-state index < -0.39 is 0 Å². The zero-order valence-electron chi connectivity index (χ0n) is 9.25. The standard InChI is InChI=1S/C12H17NOS/c1-8(13-2)10-11-9(3-6-15-11)12(4-5-12)7-14-10/h3,6,8,10,13H,4-5,7H2,1-2H3/t8-,10-/m1/s1. The summed E-state index contributed by atoms with van der Waals surface area (Å²) in [4.78, 5) is 1.46. The van der Waals surface area contributed by atoms with Crippen LogP contribution in [0.25, 0.3) is 0 Å². The number of hydrogen-bond donors (Lipinski definition) is 1. The highest BCUT2D eigenvalue weighted by atomic mass is 32.1. The molecule has 0 amide bonds. The highest BCUT2D eigenvalue weighted by Gasteiger charge is 2.50. The fraction of sp³-hybridized carbons (Fsp3) is 0.667. The van der Waals surface area contributed by atoms with Gasteiger partial charge in [0.2, 0.25) is 0 Å². The third kappa shape index (κ3) is 1.37. The third-order valence-electron chi connectivity index (χ3n) is 3.83. The van der Waals surface area contributed by atoms with Crippen molar-refractivity contribution in [1.29, 1.82) is 0 Å². The summed E-state index contributed by atoms with van der Waals surface area (Å²) in [6.45, 7) is 3.12. The fourth-order valence-corrected chi connectivity index (χ4v) is 3.64. The lowest BCUT2D eigenvalue weighted by molar-refractivity contribution is 0.00593. The summed E-state index contributed by atoms with van der Waals surface area (Å²) < 4.78 is 6.04. The molecular weight excluding hydrogens is 206 g/mol. The van der Waals surface area contributed by atoms with E-state index in [-0.39, 0.29) is 6.10 Å². The quantitative estimate of drug-likeness (QED) is 0.831. The van der Waals surface area contributed by atoms with Gasteiger partial charge in [0.25, 0.3) is 0 Å². The molecule has 82 valence electrons. The van der Waals surface area contributed by atoms with Crippen molar-refractivity contribution >= 4 is 11.3 Å². The van der Waals surface area contributed by atoms with E-state index in [9.17, 15) is 0 Å². The van der Waals surface area contributed by atoms with Crippen molar-refractivity contribution in [3.8, 4) is 0 Å². The van der Waals surface area contributed by atoms with E-state index in [0.29, 0.717) is 11.5 Å². The zero-order valence-corrected chi connectivity index (χ0v) is 10.1. The van der Waals surface area contributed by atoms with Gasteiger partial charge in [-0.2, -0.15) is 0 Å². The van der Waals surface area contributed by atoms with Crippen molar-refractivity contribution < 1.29 is 4.74 Å². The predicted octanol–water partition coefficient (Wildman–Crippen LogP) is 2.46. The minimum absolute atomic E-state index is 0.260. The zero-order chi connectivity index (χ0) is 10.5. The SMILES string of the molecule is CN[C@H](C)[C@H]1OCC2(CC2)c2ccsc21. The first kappa shape index (κ1) is 9.82. The van der Waals surface area contributed by atoms with Crippen LogP contribution >= 0.6 is 11.3 Å². The van der Waals surface area contributed by atoms with Crippen molar-refractivity contribution in [3.63, 3.8) is 0 Å². The minimum atomic E-state index is 0.260. The van der Waals surface area contributed by atoms with Gasteiger partial charge in [0.15, 0.2) is 0 Å². The van der Waals surface area contributed by atoms with E-state index in [1.807, 2.05) is 18.4 Å². The van der Waals surface area contributed by atoms with E-state index in [0.717, 1.165) is 6.61 Å². The summed E-state index contributed by atoms with van der Waals surface area (Å²) in [5.41, 5.74) is 1.99. The van der Waals surface area contributed by atoms with Gasteiger partial charge >= 0.3 is 0 Å². The van der Waals surface area contributed by atoms with Gasteiger partial charge in [0.05, 0.1) is 6.61 Å². The minimum Gasteiger partial charge on any atom is -0.370 e. The molecule has 0 bridgehead atoms. The van der Waals surface area contributed by atoms with Crippen molar-refractivity contribution in [2.24, 2.45) is 0 Å². The van der Waals surface area contributed by atoms with Crippen LogP contribution in [-0.2, 0) is 10.2 Å². The molecule has 2 heterocycles. The lowest BCUT2D eigenvalue weighted by Gasteiger charge is -2.32. The van der Waals surface area contributed by atoms with Gasteiger partial charge < -0.3 is 10.1 Å². The lowest BCUT2D eigenvalue weighted by Crippen LogP contribution is -2.36. The molecule has 1 spiro atoms. The van der Waals surface area contributed by atoms with E-state index >= 15 is 0 Å². The maximum atomic E-state index is 6.04. The molecule has 2 atom stereocenters. The molecule has 0 saturated heterocycles. The number of likely N-dealkylation sites (N-methyl/N-ethyl adjacent to an activating group) is 1. The first-order chi connectivity index (χ1) is 7.27. The Morgan fingerprint density at radius 1 is 1.60 bits per heavy atom. The van der Waals surface area contributed by atoms with Crippen molar-refractivity contribution in [3.05, 3.63) is 21.9 Å². The van der Waals surface area contributed by atoms with E-state index in [4.69, 9.17) is 4.74 Å². The highest BCUT2D eigenvalue weighted by Crippen LogP contribution is 2.55. The Hall–Kier alpha value is -0.380. The molecule has 1 aromatic rings. The van der Waals surface area contributed by atoms with E-state index in [1.54, 1.807) is 5.56 Å². The Kier molecular flexibility index (Phi) is 2.16. The first-order valence-electron chi connectivity index (χ1n) is 5.63. The van der Waals surface area contributed by atoms with Gasteiger partial charge in [-0.25, -0.2) is 0 Å². The monoisotopic (exact) mass is 223 g/mol. The van der Waals surface area contributed by atoms with Crippen LogP contribution < -0.4 is 5.32 Å². The molecule has 0 radical (unpaired) electrons. The Morgan fingerprint density at radius 2 is 2.40 bits per heavy atom. The predicted molar refractivity (Wildman–Crippen MR) is 62.4 cm³/mol. The molecule has 2 nitrogen and oxygen atoms in total. The molecule has 1 aliphatic carbocycles. The van der Waals surface area contributed by atoms with Crippen molar-refractivity contribution in [2.75, 3.05) is 13.7 Å². The maximum Gasteiger partial charge on any atom is 0.107 e. The van der Waals surface area contributed by atoms with Gasteiger partial charge in [0, 0.05) is 16.3 Å². The van der Waals surface area contributed by atoms with Crippen LogP contribution in [0.3, 0.4) is 0 Å². The molecule has 1 fully saturated rings. The van der Waals surface area contributed by atoms with Crippen LogP contribution in [0.2, 0.25) is 0 Å². The maximum absolute atomic E-state index is 6.04. The summed E-state index contributed by atoms with van der Waals surface area (Å²) in [6.07, 6.45) is 2.89. The van der Waals surface area contributed by atoms with Gasteiger partial charge in [0.1, 0.15) is 6.10 Å². The Labute approximate surface area is 94.6 Å². The summed E-state index contributed by atoms with van der Waals surface area (Å²) in [6, 6.07) is 2.71. The van der Waals surface area contributed by atoms with Crippen LogP contribution in [0.15, 0.2) is 11.4 Å². The summed E-state index contributed by atoms with van der Waals surface area (Å²) >= 11 is 1.85. The van der Waals surface area contributed by atoms with Crippen LogP contribution in [-0.4, -0.2) is 19.7 Å². The number of nitrogens with one attached hydrogen (secondary N) is 1. The lowest BCUT2D eigenvalue weighted by atomic mass is 9.91. The molecule has 15 heavy (non-hydrogen) atoms. The third-order valence-corrected chi connectivity index (χ3v) is 4.81. The smallest absolute Gasteiger partial charge is 0.107 e. The molecule has 0 unspecified atom stereocenters. The topological polar surface area (TPSA) is 21.3 Å². The average molecular weight is 223 g/mol. The van der Waals surface area contributed by atoms with Crippen LogP contribution in [0.5, 0.6) is 0 Å². The number of rotatable bonds is 2. The Morgan fingerprint density at radius 3 is 3.07 bits per heavy atom. The van der Waals surface area contributed by atoms with Crippen LogP contribution in [0.4, 0.5) is 0 Å². The second-order valence-electron chi connectivity index (χ2n) is 4.79. The second kappa shape index (κ2) is 3.30. The van der Waals surface area contributed by atoms with Gasteiger partial charge in [-0.05, 0) is 43.8 Å². The number of thiophene rings is 1. The first-order valence-corrected chi connectivity index (χ1v) is 6.51. The van der Waals surface area contributed by atoms with Gasteiger partial charge in [-0.15, -0.1) is 11.3 Å². The highest BCUT2D eigenvalue weighted by molar-refractivity contribution is 7.10. The van der Waals surface area contributed by atoms with E-state index in [2.05, 4.69) is 23.7 Å². The summed E-state index contributed by atoms with van der Waals surface area (Å²) in [5.74, 6) is 0. The number of fused-ring (bicyclic) bond motifs is 2. The molecule has 1 aromatic heterocycles. The number of hydrogen-bond acceptors (Lipinski definition) is 3. The Balaban J connectivity index is 1.97. The van der Waals surface area contributed by atoms with Crippen molar-refractivity contribution in [1.82, 2.24) is 5.32 Å². The number of ether oxygens (including phenoxy) is 1. The molecule has 1 N–H and O–H groups in total. The molecule has 3 heteroatoms. The molecular formula is C12H17NOS. The normalized spacial score (nSPS) is 28.8. The van der Waals surface area contributed by atoms with Crippen LogP contribution in [0, 0.1) is 0 Å². The van der Waals surface area contributed by atoms with Gasteiger partial charge in [-0.1, -0.05) is 0 Å². The summed E-state index contributed by atoms with van der Waals surface area (Å²) in [7, 11) is 2.00. The molecule has 3 rings (SSSR count). The van der Waals surface area contributed by atoms with Crippen LogP contribution in [0.1, 0.15) is 36.3 Å². The molecule has 2 aliphatic rings. The Bertz CT molecular complexity index is 369. The van der Waals surface area contributed by atoms with Gasteiger partial charge in [-0.3, -0.25) is 0 Å². The molecule has 1 aliphatic heterocycles. The molecule has 0 aromatic carbocycles. The van der Waals surface area contributed by atoms with E-state index in [1.165, 1.54) is 17.7 Å². The summed E-state index contributed by atoms with van der Waals surface area (Å²) in [5, 5.41) is 5.51. The molecule has 1 saturated carbocycles. The average Bonchev–Trinajstić information content (AvgIpc) is 2.85. The second-order valence-corrected chi connectivity index (χ2v) is 5.74. The largest absolute Gasteiger partial charge is 0.370 e.